The molecule has 0 fully saturated rings. The number of nitrogens with zero attached hydrogens (tertiary/aromatic N) is 5. The van der Waals surface area contributed by atoms with Crippen LogP contribution in [0.1, 0.15) is 25.3 Å². The minimum absolute atomic E-state index is 0.0281. The van der Waals surface area contributed by atoms with E-state index in [-0.39, 0.29) is 13.1 Å². The smallest absolute Gasteiger partial charge is 0.159 e. The number of unbranched alkanes of at least 4 members (excludes halogenated alkanes) is 1. The molecule has 0 aliphatic rings. The first-order valence-electron chi connectivity index (χ1n) is 8.14. The third-order valence-corrected chi connectivity index (χ3v) is 3.72. The summed E-state index contributed by atoms with van der Waals surface area (Å²) in [6.45, 7) is 2.23. The number of nitrogen functional groups attached to an aromatic ring is 1. The van der Waals surface area contributed by atoms with Gasteiger partial charge in [0.15, 0.2) is 11.6 Å². The second-order valence-electron chi connectivity index (χ2n) is 5.56. The van der Waals surface area contributed by atoms with Crippen LogP contribution in [0.5, 0.6) is 0 Å². The van der Waals surface area contributed by atoms with Gasteiger partial charge in [-0.15, -0.1) is 0 Å². The van der Waals surface area contributed by atoms with Crippen molar-refractivity contribution in [2.75, 3.05) is 29.0 Å². The Hall–Kier alpha value is -3.32. The highest BCUT2D eigenvalue weighted by atomic mass is 15.2. The zero-order valence-electron chi connectivity index (χ0n) is 14.2. The molecule has 3 N–H and O–H groups in total. The van der Waals surface area contributed by atoms with Crippen LogP contribution in [0.2, 0.25) is 0 Å². The minimum atomic E-state index is 0.0281. The highest BCUT2D eigenvalue weighted by molar-refractivity contribution is 5.78. The number of nitrogens with one attached hydrogen (secondary N) is 1. The summed E-state index contributed by atoms with van der Waals surface area (Å²) in [6, 6.07) is 12.1. The molecule has 7 nitrogen and oxygen atoms in total. The Kier molecular flexibility index (Phi) is 6.56. The van der Waals surface area contributed by atoms with Crippen LogP contribution in [-0.4, -0.2) is 23.1 Å². The Labute approximate surface area is 147 Å². The lowest BCUT2D eigenvalue weighted by Crippen LogP contribution is -2.26. The molecule has 0 radical (unpaired) electrons. The number of benzene rings is 1. The van der Waals surface area contributed by atoms with E-state index in [0.29, 0.717) is 17.3 Å². The monoisotopic (exact) mass is 335 g/mol. The molecule has 7 heteroatoms. The molecule has 128 valence electrons. The maximum absolute atomic E-state index is 8.91. The predicted octanol–water partition coefficient (Wildman–Crippen LogP) is 3.00. The van der Waals surface area contributed by atoms with E-state index < -0.39 is 0 Å². The Morgan fingerprint density at radius 2 is 1.80 bits per heavy atom. The van der Waals surface area contributed by atoms with Crippen molar-refractivity contribution in [1.29, 1.82) is 10.5 Å². The van der Waals surface area contributed by atoms with Gasteiger partial charge in [-0.3, -0.25) is 0 Å². The number of aromatic nitrogens is 2. The van der Waals surface area contributed by atoms with Gasteiger partial charge in [0, 0.05) is 5.69 Å². The molecular formula is C18H21N7. The van der Waals surface area contributed by atoms with Gasteiger partial charge >= 0.3 is 0 Å². The molecular weight excluding hydrogens is 314 g/mol. The van der Waals surface area contributed by atoms with Crippen molar-refractivity contribution < 1.29 is 0 Å². The van der Waals surface area contributed by atoms with Crippen molar-refractivity contribution in [3.63, 3.8) is 0 Å². The summed E-state index contributed by atoms with van der Waals surface area (Å²) in [7, 11) is 0. The standard InChI is InChI=1S/C18H21N7/c1-2-3-4-14-5-7-15(8-6-14)24-17-16(21)18(23-13-22-17)25(11-9-19)12-10-20/h5-8,13H,2-4,11-12,21H2,1H3,(H,22,23,24). The Bertz CT molecular complexity index is 755. The molecule has 1 aromatic carbocycles. The van der Waals surface area contributed by atoms with Crippen molar-refractivity contribution in [3.05, 3.63) is 36.2 Å². The number of nitriles is 2. The Balaban J connectivity index is 2.19. The molecule has 1 aromatic heterocycles. The molecule has 0 saturated carbocycles. The van der Waals surface area contributed by atoms with E-state index in [1.165, 1.54) is 29.6 Å². The van der Waals surface area contributed by atoms with Crippen LogP contribution in [0.15, 0.2) is 30.6 Å². The van der Waals surface area contributed by atoms with Crippen molar-refractivity contribution in [1.82, 2.24) is 9.97 Å². The van der Waals surface area contributed by atoms with E-state index in [4.69, 9.17) is 16.3 Å². The highest BCUT2D eigenvalue weighted by Gasteiger charge is 2.15. The number of hydrogen-bond acceptors (Lipinski definition) is 7. The molecule has 2 aromatic rings. The third-order valence-electron chi connectivity index (χ3n) is 3.72. The van der Waals surface area contributed by atoms with E-state index in [1.54, 1.807) is 0 Å². The first kappa shape index (κ1) is 18.0. The minimum Gasteiger partial charge on any atom is -0.393 e. The first-order valence-corrected chi connectivity index (χ1v) is 8.14. The van der Waals surface area contributed by atoms with Gasteiger partial charge in [0.25, 0.3) is 0 Å². The molecule has 0 aliphatic carbocycles. The number of aryl methyl sites for hydroxylation is 1. The lowest BCUT2D eigenvalue weighted by Gasteiger charge is -2.20. The van der Waals surface area contributed by atoms with E-state index in [2.05, 4.69) is 34.3 Å². The average Bonchev–Trinajstić information content (AvgIpc) is 2.63. The summed E-state index contributed by atoms with van der Waals surface area (Å²) < 4.78 is 0. The van der Waals surface area contributed by atoms with Gasteiger partial charge < -0.3 is 16.0 Å². The van der Waals surface area contributed by atoms with Gasteiger partial charge in [0.1, 0.15) is 25.1 Å². The summed E-state index contributed by atoms with van der Waals surface area (Å²) in [5.41, 5.74) is 8.60. The zero-order valence-corrected chi connectivity index (χ0v) is 14.2. The van der Waals surface area contributed by atoms with Crippen molar-refractivity contribution in [2.45, 2.75) is 26.2 Å². The molecule has 0 atom stereocenters. The number of hydrogen-bond donors (Lipinski definition) is 2. The normalized spacial score (nSPS) is 9.88. The topological polar surface area (TPSA) is 115 Å². The fourth-order valence-corrected chi connectivity index (χ4v) is 2.39. The summed E-state index contributed by atoms with van der Waals surface area (Å²) in [5.74, 6) is 0.826. The molecule has 1 heterocycles. The van der Waals surface area contributed by atoms with Gasteiger partial charge in [-0.1, -0.05) is 25.5 Å². The van der Waals surface area contributed by atoms with Gasteiger partial charge in [-0.2, -0.15) is 10.5 Å². The molecule has 0 saturated heterocycles. The molecule has 0 bridgehead atoms. The molecule has 0 amide bonds. The van der Waals surface area contributed by atoms with Gasteiger partial charge in [0.05, 0.1) is 12.1 Å². The molecule has 0 aliphatic heterocycles. The van der Waals surface area contributed by atoms with Crippen molar-refractivity contribution >= 4 is 23.0 Å². The number of rotatable bonds is 8. The van der Waals surface area contributed by atoms with E-state index in [1.807, 2.05) is 24.3 Å². The summed E-state index contributed by atoms with van der Waals surface area (Å²) in [4.78, 5) is 9.79. The maximum Gasteiger partial charge on any atom is 0.159 e. The second kappa shape index (κ2) is 9.09. The predicted molar refractivity (Wildman–Crippen MR) is 98.2 cm³/mol. The van der Waals surface area contributed by atoms with Crippen LogP contribution in [-0.2, 0) is 6.42 Å². The largest absolute Gasteiger partial charge is 0.393 e. The van der Waals surface area contributed by atoms with Crippen LogP contribution >= 0.6 is 0 Å². The SMILES string of the molecule is CCCCc1ccc(Nc2ncnc(N(CC#N)CC#N)c2N)cc1. The fourth-order valence-electron chi connectivity index (χ4n) is 2.39. The van der Waals surface area contributed by atoms with Crippen LogP contribution in [0.3, 0.4) is 0 Å². The summed E-state index contributed by atoms with van der Waals surface area (Å²) >= 11 is 0. The second-order valence-corrected chi connectivity index (χ2v) is 5.56. The Morgan fingerprint density at radius 3 is 2.40 bits per heavy atom. The number of anilines is 4. The van der Waals surface area contributed by atoms with Crippen molar-refractivity contribution in [3.8, 4) is 12.1 Å². The van der Waals surface area contributed by atoms with E-state index in [0.717, 1.165) is 12.1 Å². The van der Waals surface area contributed by atoms with Crippen LogP contribution in [0.25, 0.3) is 0 Å². The van der Waals surface area contributed by atoms with Gasteiger partial charge in [0.2, 0.25) is 0 Å². The molecule has 0 spiro atoms. The molecule has 2 rings (SSSR count). The Morgan fingerprint density at radius 1 is 1.12 bits per heavy atom. The highest BCUT2D eigenvalue weighted by Crippen LogP contribution is 2.28. The molecule has 25 heavy (non-hydrogen) atoms. The van der Waals surface area contributed by atoms with Crippen LogP contribution in [0.4, 0.5) is 23.0 Å². The van der Waals surface area contributed by atoms with Gasteiger partial charge in [-0.05, 0) is 30.5 Å². The maximum atomic E-state index is 8.91. The van der Waals surface area contributed by atoms with Gasteiger partial charge in [-0.25, -0.2) is 9.97 Å². The fraction of sp³-hybridized carbons (Fsp3) is 0.333. The average molecular weight is 335 g/mol. The lowest BCUT2D eigenvalue weighted by atomic mass is 10.1. The van der Waals surface area contributed by atoms with E-state index >= 15 is 0 Å². The van der Waals surface area contributed by atoms with Crippen LogP contribution < -0.4 is 16.0 Å². The van der Waals surface area contributed by atoms with Crippen molar-refractivity contribution in [2.24, 2.45) is 0 Å². The third kappa shape index (κ3) is 4.82. The van der Waals surface area contributed by atoms with E-state index in [9.17, 15) is 0 Å². The lowest BCUT2D eigenvalue weighted by molar-refractivity contribution is 0.795. The molecule has 0 unspecified atom stereocenters. The quantitative estimate of drug-likeness (QED) is 0.712. The zero-order chi connectivity index (χ0) is 18.1. The van der Waals surface area contributed by atoms with Crippen LogP contribution in [0, 0.1) is 22.7 Å². The first-order chi connectivity index (χ1) is 12.2. The summed E-state index contributed by atoms with van der Waals surface area (Å²) in [5, 5.41) is 21.0. The summed E-state index contributed by atoms with van der Waals surface area (Å²) in [6.07, 6.45) is 4.77. The number of nitrogens with two attached hydrogens (primary N) is 1.